The predicted molar refractivity (Wildman–Crippen MR) is 67.8 cm³/mol. The number of phenols is 2. The lowest BCUT2D eigenvalue weighted by molar-refractivity contribution is -0.384. The normalized spacial score (nSPS) is 10.0. The van der Waals surface area contributed by atoms with Gasteiger partial charge in [-0.25, -0.2) is 4.79 Å². The fourth-order valence-electron chi connectivity index (χ4n) is 1.45. The Hall–Kier alpha value is -3.09. The standard InChI is InChI=1S/C13H9NO6/c15-11-6-1-8(7-12(11)16)13(17)20-10-4-2-9(3-5-10)14(18)19/h1-7,15-16H. The number of rotatable bonds is 3. The second-order valence-electron chi connectivity index (χ2n) is 3.84. The van der Waals surface area contributed by atoms with Crippen LogP contribution in [-0.2, 0) is 0 Å². The lowest BCUT2D eigenvalue weighted by Crippen LogP contribution is -2.08. The van der Waals surface area contributed by atoms with Crippen LogP contribution in [-0.4, -0.2) is 21.1 Å². The fraction of sp³-hybridized carbons (Fsp3) is 0. The zero-order chi connectivity index (χ0) is 14.7. The van der Waals surface area contributed by atoms with Crippen LogP contribution in [0.5, 0.6) is 17.2 Å². The molecule has 0 aliphatic rings. The van der Waals surface area contributed by atoms with E-state index in [-0.39, 0.29) is 22.7 Å². The van der Waals surface area contributed by atoms with E-state index >= 15 is 0 Å². The topological polar surface area (TPSA) is 110 Å². The lowest BCUT2D eigenvalue weighted by atomic mass is 10.2. The van der Waals surface area contributed by atoms with Gasteiger partial charge in [0.1, 0.15) is 5.75 Å². The molecule has 7 nitrogen and oxygen atoms in total. The Morgan fingerprint density at radius 2 is 1.70 bits per heavy atom. The summed E-state index contributed by atoms with van der Waals surface area (Å²) in [6, 6.07) is 8.48. The van der Waals surface area contributed by atoms with E-state index in [2.05, 4.69) is 0 Å². The van der Waals surface area contributed by atoms with Gasteiger partial charge in [0, 0.05) is 12.1 Å². The molecular formula is C13H9NO6. The maximum Gasteiger partial charge on any atom is 0.343 e. The third-order valence-electron chi connectivity index (χ3n) is 2.47. The van der Waals surface area contributed by atoms with Crippen LogP contribution in [0.15, 0.2) is 42.5 Å². The first-order valence-electron chi connectivity index (χ1n) is 5.46. The highest BCUT2D eigenvalue weighted by Crippen LogP contribution is 2.26. The fourth-order valence-corrected chi connectivity index (χ4v) is 1.45. The first-order chi connectivity index (χ1) is 9.47. The zero-order valence-electron chi connectivity index (χ0n) is 10.0. The maximum atomic E-state index is 11.7. The molecule has 0 amide bonds. The Morgan fingerprint density at radius 1 is 1.05 bits per heavy atom. The molecule has 0 unspecified atom stereocenters. The van der Waals surface area contributed by atoms with Crippen LogP contribution >= 0.6 is 0 Å². The van der Waals surface area contributed by atoms with Crippen LogP contribution < -0.4 is 4.74 Å². The number of hydrogen-bond donors (Lipinski definition) is 2. The number of esters is 1. The Kier molecular flexibility index (Phi) is 3.52. The van der Waals surface area contributed by atoms with Crippen LogP contribution in [0, 0.1) is 10.1 Å². The van der Waals surface area contributed by atoms with E-state index in [9.17, 15) is 20.0 Å². The first-order valence-corrected chi connectivity index (χ1v) is 5.46. The second-order valence-corrected chi connectivity index (χ2v) is 3.84. The van der Waals surface area contributed by atoms with Gasteiger partial charge in [0.25, 0.3) is 5.69 Å². The number of ether oxygens (including phenoxy) is 1. The summed E-state index contributed by atoms with van der Waals surface area (Å²) in [4.78, 5) is 21.7. The highest BCUT2D eigenvalue weighted by atomic mass is 16.6. The zero-order valence-corrected chi connectivity index (χ0v) is 10.0. The molecule has 0 atom stereocenters. The number of benzene rings is 2. The largest absolute Gasteiger partial charge is 0.504 e. The van der Waals surface area contributed by atoms with Crippen molar-refractivity contribution in [1.29, 1.82) is 0 Å². The third kappa shape index (κ3) is 2.83. The van der Waals surface area contributed by atoms with E-state index in [0.29, 0.717) is 0 Å². The van der Waals surface area contributed by atoms with Crippen molar-refractivity contribution in [2.24, 2.45) is 0 Å². The van der Waals surface area contributed by atoms with Crippen LogP contribution in [0.1, 0.15) is 10.4 Å². The molecule has 102 valence electrons. The molecule has 0 aromatic heterocycles. The van der Waals surface area contributed by atoms with Gasteiger partial charge < -0.3 is 14.9 Å². The average Bonchev–Trinajstić information content (AvgIpc) is 2.42. The molecule has 0 bridgehead atoms. The molecule has 0 fully saturated rings. The van der Waals surface area contributed by atoms with Crippen molar-refractivity contribution in [1.82, 2.24) is 0 Å². The Morgan fingerprint density at radius 3 is 2.25 bits per heavy atom. The molecule has 0 aliphatic heterocycles. The highest BCUT2D eigenvalue weighted by Gasteiger charge is 2.12. The van der Waals surface area contributed by atoms with E-state index in [1.54, 1.807) is 0 Å². The third-order valence-corrected chi connectivity index (χ3v) is 2.47. The Balaban J connectivity index is 2.14. The summed E-state index contributed by atoms with van der Waals surface area (Å²) < 4.78 is 4.98. The van der Waals surface area contributed by atoms with Gasteiger partial charge >= 0.3 is 5.97 Å². The summed E-state index contributed by atoms with van der Waals surface area (Å²) >= 11 is 0. The van der Waals surface area contributed by atoms with Crippen molar-refractivity contribution in [3.8, 4) is 17.2 Å². The Labute approximate surface area is 112 Å². The molecule has 2 aromatic carbocycles. The number of carbonyl (C=O) groups is 1. The van der Waals surface area contributed by atoms with Gasteiger partial charge in [-0.15, -0.1) is 0 Å². The maximum absolute atomic E-state index is 11.7. The van der Waals surface area contributed by atoms with Crippen molar-refractivity contribution < 1.29 is 24.7 Å². The van der Waals surface area contributed by atoms with Crippen molar-refractivity contribution in [3.63, 3.8) is 0 Å². The van der Waals surface area contributed by atoms with Crippen LogP contribution in [0.3, 0.4) is 0 Å². The Bertz CT molecular complexity index is 665. The molecule has 2 N–H and O–H groups in total. The number of non-ortho nitro benzene ring substituents is 1. The number of nitro groups is 1. The average molecular weight is 275 g/mol. The van der Waals surface area contributed by atoms with Crippen molar-refractivity contribution >= 4 is 11.7 Å². The number of nitrogens with zero attached hydrogens (tertiary/aromatic N) is 1. The van der Waals surface area contributed by atoms with Gasteiger partial charge in [0.15, 0.2) is 11.5 Å². The summed E-state index contributed by atoms with van der Waals surface area (Å²) in [5.41, 5.74) is -0.0780. The molecule has 20 heavy (non-hydrogen) atoms. The van der Waals surface area contributed by atoms with E-state index in [4.69, 9.17) is 9.84 Å². The smallest absolute Gasteiger partial charge is 0.343 e. The molecular weight excluding hydrogens is 266 g/mol. The number of aromatic hydroxyl groups is 2. The molecule has 0 aliphatic carbocycles. The molecule has 2 aromatic rings. The van der Waals surface area contributed by atoms with Crippen LogP contribution in [0.4, 0.5) is 5.69 Å². The molecule has 0 saturated heterocycles. The summed E-state index contributed by atoms with van der Waals surface area (Å²) in [6.07, 6.45) is 0. The van der Waals surface area contributed by atoms with Gasteiger partial charge in [0.2, 0.25) is 0 Å². The van der Waals surface area contributed by atoms with Crippen LogP contribution in [0.25, 0.3) is 0 Å². The van der Waals surface area contributed by atoms with E-state index in [1.165, 1.54) is 30.3 Å². The van der Waals surface area contributed by atoms with Crippen molar-refractivity contribution in [3.05, 3.63) is 58.1 Å². The van der Waals surface area contributed by atoms with Gasteiger partial charge in [0.05, 0.1) is 10.5 Å². The molecule has 7 heteroatoms. The number of nitro benzene ring substituents is 1. The highest BCUT2D eigenvalue weighted by molar-refractivity contribution is 5.91. The van der Waals surface area contributed by atoms with Gasteiger partial charge in [-0.05, 0) is 30.3 Å². The minimum absolute atomic E-state index is 0.0404. The monoisotopic (exact) mass is 275 g/mol. The van der Waals surface area contributed by atoms with E-state index in [1.807, 2.05) is 0 Å². The van der Waals surface area contributed by atoms with Gasteiger partial charge in [-0.3, -0.25) is 10.1 Å². The quantitative estimate of drug-likeness (QED) is 0.292. The molecule has 0 spiro atoms. The molecule has 0 radical (unpaired) electrons. The minimum Gasteiger partial charge on any atom is -0.504 e. The predicted octanol–water partition coefficient (Wildman–Crippen LogP) is 2.23. The molecule has 0 saturated carbocycles. The van der Waals surface area contributed by atoms with E-state index < -0.39 is 16.6 Å². The summed E-state index contributed by atoms with van der Waals surface area (Å²) in [7, 11) is 0. The summed E-state index contributed by atoms with van der Waals surface area (Å²) in [5.74, 6) is -1.41. The van der Waals surface area contributed by atoms with Crippen molar-refractivity contribution in [2.75, 3.05) is 0 Å². The first kappa shape index (κ1) is 13.3. The summed E-state index contributed by atoms with van der Waals surface area (Å²) in [6.45, 7) is 0. The summed E-state index contributed by atoms with van der Waals surface area (Å²) in [5, 5.41) is 28.9. The number of carbonyl (C=O) groups excluding carboxylic acids is 1. The molecule has 0 heterocycles. The minimum atomic E-state index is -0.755. The lowest BCUT2D eigenvalue weighted by Gasteiger charge is -2.05. The SMILES string of the molecule is O=C(Oc1ccc([N+](=O)[O-])cc1)c1ccc(O)c(O)c1. The molecule has 2 rings (SSSR count). The van der Waals surface area contributed by atoms with Gasteiger partial charge in [-0.2, -0.15) is 0 Å². The van der Waals surface area contributed by atoms with Crippen LogP contribution in [0.2, 0.25) is 0 Å². The number of phenolic OH excluding ortho intramolecular Hbond substituents is 2. The second kappa shape index (κ2) is 5.27. The number of hydrogen-bond acceptors (Lipinski definition) is 6. The van der Waals surface area contributed by atoms with Crippen molar-refractivity contribution in [2.45, 2.75) is 0 Å². The van der Waals surface area contributed by atoms with E-state index in [0.717, 1.165) is 12.1 Å². The van der Waals surface area contributed by atoms with Gasteiger partial charge in [-0.1, -0.05) is 0 Å².